The summed E-state index contributed by atoms with van der Waals surface area (Å²) in [6.07, 6.45) is 1.33. The lowest BCUT2D eigenvalue weighted by molar-refractivity contribution is 0.394. The van der Waals surface area contributed by atoms with Crippen molar-refractivity contribution in [3.8, 4) is 23.6 Å². The van der Waals surface area contributed by atoms with Gasteiger partial charge in [0.15, 0.2) is 0 Å². The van der Waals surface area contributed by atoms with Crippen LogP contribution in [0, 0.1) is 12.1 Å². The van der Waals surface area contributed by atoms with Crippen LogP contribution in [-0.2, 0) is 0 Å². The highest BCUT2D eigenvalue weighted by Crippen LogP contribution is 2.21. The monoisotopic (exact) mass is 180 g/mol. The van der Waals surface area contributed by atoms with Crippen LogP contribution >= 0.6 is 0 Å². The first-order chi connectivity index (χ1) is 6.30. The summed E-state index contributed by atoms with van der Waals surface area (Å²) < 4.78 is 21.7. The Morgan fingerprint density at radius 1 is 1.08 bits per heavy atom. The SMILES string of the molecule is COc1cc(C#CF)cc(OC)c1. The number of ether oxygens (including phenoxy) is 2. The van der Waals surface area contributed by atoms with E-state index in [1.807, 2.05) is 0 Å². The van der Waals surface area contributed by atoms with Gasteiger partial charge in [0.25, 0.3) is 0 Å². The molecule has 0 amide bonds. The van der Waals surface area contributed by atoms with Crippen LogP contribution in [0.2, 0.25) is 0 Å². The molecule has 1 aromatic carbocycles. The molecule has 0 heterocycles. The largest absolute Gasteiger partial charge is 0.497 e. The van der Waals surface area contributed by atoms with Gasteiger partial charge in [-0.15, -0.1) is 4.39 Å². The molecule has 0 N–H and O–H groups in total. The Morgan fingerprint density at radius 3 is 2.00 bits per heavy atom. The Morgan fingerprint density at radius 2 is 1.62 bits per heavy atom. The normalized spacial score (nSPS) is 8.54. The second-order valence-electron chi connectivity index (χ2n) is 2.32. The van der Waals surface area contributed by atoms with E-state index in [1.54, 1.807) is 18.2 Å². The second-order valence-corrected chi connectivity index (χ2v) is 2.32. The van der Waals surface area contributed by atoms with E-state index in [0.29, 0.717) is 17.1 Å². The molecule has 0 atom stereocenters. The molecule has 0 saturated carbocycles. The maximum absolute atomic E-state index is 11.7. The van der Waals surface area contributed by atoms with Crippen molar-refractivity contribution in [3.63, 3.8) is 0 Å². The maximum Gasteiger partial charge on any atom is 0.123 e. The van der Waals surface area contributed by atoms with Crippen molar-refractivity contribution in [3.05, 3.63) is 23.8 Å². The molecule has 2 nitrogen and oxygen atoms in total. The van der Waals surface area contributed by atoms with E-state index in [9.17, 15) is 4.39 Å². The zero-order chi connectivity index (χ0) is 9.68. The molecule has 0 aromatic heterocycles. The molecule has 1 aromatic rings. The minimum Gasteiger partial charge on any atom is -0.497 e. The molecule has 0 unspecified atom stereocenters. The highest BCUT2D eigenvalue weighted by atomic mass is 19.1. The zero-order valence-electron chi connectivity index (χ0n) is 7.43. The molecule has 68 valence electrons. The predicted molar refractivity (Wildman–Crippen MR) is 47.5 cm³/mol. The highest BCUT2D eigenvalue weighted by molar-refractivity contribution is 5.45. The molecule has 3 heteroatoms. The van der Waals surface area contributed by atoms with Crippen molar-refractivity contribution in [2.75, 3.05) is 14.2 Å². The molecule has 0 aliphatic rings. The van der Waals surface area contributed by atoms with E-state index in [1.165, 1.54) is 20.4 Å². The molecule has 13 heavy (non-hydrogen) atoms. The lowest BCUT2D eigenvalue weighted by Crippen LogP contribution is -1.88. The summed E-state index contributed by atoms with van der Waals surface area (Å²) >= 11 is 0. The summed E-state index contributed by atoms with van der Waals surface area (Å²) in [4.78, 5) is 0. The van der Waals surface area contributed by atoms with Crippen LogP contribution in [0.5, 0.6) is 11.5 Å². The Labute approximate surface area is 76.3 Å². The summed E-state index contributed by atoms with van der Waals surface area (Å²) in [5.74, 6) is 3.47. The van der Waals surface area contributed by atoms with Crippen LogP contribution in [0.4, 0.5) is 4.39 Å². The summed E-state index contributed by atoms with van der Waals surface area (Å²) in [6.45, 7) is 0. The van der Waals surface area contributed by atoms with Crippen molar-refractivity contribution < 1.29 is 13.9 Å². The molecule has 0 radical (unpaired) electrons. The van der Waals surface area contributed by atoms with E-state index in [-0.39, 0.29) is 0 Å². The van der Waals surface area contributed by atoms with Crippen molar-refractivity contribution in [2.45, 2.75) is 0 Å². The number of rotatable bonds is 2. The average Bonchev–Trinajstić information content (AvgIpc) is 2.17. The van der Waals surface area contributed by atoms with Crippen LogP contribution in [0.1, 0.15) is 5.56 Å². The van der Waals surface area contributed by atoms with Gasteiger partial charge in [-0.2, -0.15) is 0 Å². The first-order valence-corrected chi connectivity index (χ1v) is 3.65. The smallest absolute Gasteiger partial charge is 0.123 e. The molecule has 0 aliphatic carbocycles. The predicted octanol–water partition coefficient (Wildman–Crippen LogP) is 1.98. The molecule has 0 fully saturated rings. The van der Waals surface area contributed by atoms with Crippen LogP contribution in [0.15, 0.2) is 18.2 Å². The molecule has 0 aliphatic heterocycles. The van der Waals surface area contributed by atoms with Gasteiger partial charge >= 0.3 is 0 Å². The summed E-state index contributed by atoms with van der Waals surface area (Å²) in [6, 6.07) is 4.97. The Balaban J connectivity index is 3.12. The van der Waals surface area contributed by atoms with Crippen molar-refractivity contribution in [1.82, 2.24) is 0 Å². The Kier molecular flexibility index (Phi) is 3.15. The minimum absolute atomic E-state index is 0.527. The van der Waals surface area contributed by atoms with Crippen LogP contribution < -0.4 is 9.47 Å². The molecule has 0 spiro atoms. The van der Waals surface area contributed by atoms with E-state index < -0.39 is 0 Å². The Hall–Kier alpha value is -1.69. The van der Waals surface area contributed by atoms with Crippen molar-refractivity contribution in [1.29, 1.82) is 0 Å². The lowest BCUT2D eigenvalue weighted by atomic mass is 10.2. The number of benzene rings is 1. The molecular formula is C10H9FO2. The van der Waals surface area contributed by atoms with Crippen LogP contribution in [0.25, 0.3) is 0 Å². The third-order valence-electron chi connectivity index (χ3n) is 1.54. The van der Waals surface area contributed by atoms with E-state index in [0.717, 1.165) is 0 Å². The fourth-order valence-electron chi connectivity index (χ4n) is 0.934. The van der Waals surface area contributed by atoms with Gasteiger partial charge in [-0.25, -0.2) is 0 Å². The number of hydrogen-bond donors (Lipinski definition) is 0. The topological polar surface area (TPSA) is 18.5 Å². The van der Waals surface area contributed by atoms with E-state index in [4.69, 9.17) is 9.47 Å². The summed E-state index contributed by atoms with van der Waals surface area (Å²) in [5.41, 5.74) is 0.527. The lowest BCUT2D eigenvalue weighted by Gasteiger charge is -2.04. The number of methoxy groups -OCH3 is 2. The van der Waals surface area contributed by atoms with Gasteiger partial charge in [0, 0.05) is 11.6 Å². The summed E-state index contributed by atoms with van der Waals surface area (Å²) in [5, 5.41) is 0. The average molecular weight is 180 g/mol. The highest BCUT2D eigenvalue weighted by Gasteiger charge is 1.98. The van der Waals surface area contributed by atoms with Gasteiger partial charge in [0.2, 0.25) is 0 Å². The third-order valence-corrected chi connectivity index (χ3v) is 1.54. The number of hydrogen-bond acceptors (Lipinski definition) is 2. The fraction of sp³-hybridized carbons (Fsp3) is 0.200. The van der Waals surface area contributed by atoms with E-state index >= 15 is 0 Å². The van der Waals surface area contributed by atoms with Gasteiger partial charge in [-0.3, -0.25) is 0 Å². The van der Waals surface area contributed by atoms with Crippen LogP contribution in [-0.4, -0.2) is 14.2 Å². The third kappa shape index (κ3) is 2.38. The van der Waals surface area contributed by atoms with E-state index in [2.05, 4.69) is 5.92 Å². The standard InChI is InChI=1S/C10H9FO2/c1-12-9-5-8(3-4-11)6-10(7-9)13-2/h5-7H,1-2H3. The first kappa shape index (κ1) is 9.40. The van der Waals surface area contributed by atoms with Crippen molar-refractivity contribution in [2.24, 2.45) is 0 Å². The quantitative estimate of drug-likeness (QED) is 0.648. The van der Waals surface area contributed by atoms with Gasteiger partial charge in [0.1, 0.15) is 17.7 Å². The molecule has 0 saturated heterocycles. The summed E-state index contributed by atoms with van der Waals surface area (Å²) in [7, 11) is 3.06. The van der Waals surface area contributed by atoms with Crippen molar-refractivity contribution >= 4 is 0 Å². The van der Waals surface area contributed by atoms with Gasteiger partial charge in [-0.1, -0.05) is 0 Å². The maximum atomic E-state index is 11.7. The van der Waals surface area contributed by atoms with Crippen LogP contribution in [0.3, 0.4) is 0 Å². The molecular weight excluding hydrogens is 171 g/mol. The molecule has 1 rings (SSSR count). The fourth-order valence-corrected chi connectivity index (χ4v) is 0.934. The zero-order valence-corrected chi connectivity index (χ0v) is 7.43. The van der Waals surface area contributed by atoms with Gasteiger partial charge < -0.3 is 9.47 Å². The number of halogens is 1. The minimum atomic E-state index is 0.527. The van der Waals surface area contributed by atoms with Gasteiger partial charge in [0.05, 0.1) is 14.2 Å². The molecule has 0 bridgehead atoms. The Bertz CT molecular complexity index is 327. The second kappa shape index (κ2) is 4.36. The van der Waals surface area contributed by atoms with Gasteiger partial charge in [-0.05, 0) is 18.1 Å². The first-order valence-electron chi connectivity index (χ1n) is 3.65.